The maximum atomic E-state index is 11.3. The molecule has 0 aromatic carbocycles. The Morgan fingerprint density at radius 1 is 1.47 bits per heavy atom. The van der Waals surface area contributed by atoms with Crippen LogP contribution in [0.1, 0.15) is 37.7 Å². The number of carbonyl (C=O) groups excluding carboxylic acids is 1. The Morgan fingerprint density at radius 3 is 2.68 bits per heavy atom. The number of thiazole rings is 2. The summed E-state index contributed by atoms with van der Waals surface area (Å²) in [6.07, 6.45) is 0. The highest BCUT2D eigenvalue weighted by molar-refractivity contribution is 7.17. The molecule has 2 aromatic heterocycles. The monoisotopic (exact) mass is 297 g/mol. The van der Waals surface area contributed by atoms with E-state index in [2.05, 4.69) is 15.3 Å². The number of aromatic nitrogens is 2. The standard InChI is InChI=1S/C11H11N3O3S2/c1-5-7(18-4-13-5)3-12-11-14-8(10(16)17)9(19-11)6(2)15/h4H,3H2,1-2H3,(H,12,14)(H,16,17). The largest absolute Gasteiger partial charge is 0.476 e. The summed E-state index contributed by atoms with van der Waals surface area (Å²) in [4.78, 5) is 31.6. The van der Waals surface area contributed by atoms with Crippen molar-refractivity contribution in [1.29, 1.82) is 0 Å². The number of nitrogens with zero attached hydrogens (tertiary/aromatic N) is 2. The molecule has 0 fully saturated rings. The zero-order valence-corrected chi connectivity index (χ0v) is 11.9. The molecule has 0 amide bonds. The number of hydrogen-bond acceptors (Lipinski definition) is 7. The molecular weight excluding hydrogens is 286 g/mol. The van der Waals surface area contributed by atoms with Gasteiger partial charge in [0.15, 0.2) is 16.6 Å². The van der Waals surface area contributed by atoms with E-state index in [9.17, 15) is 9.59 Å². The molecule has 2 heterocycles. The Kier molecular flexibility index (Phi) is 3.91. The Bertz CT molecular complexity index is 601. The molecule has 100 valence electrons. The van der Waals surface area contributed by atoms with Gasteiger partial charge in [0.05, 0.1) is 17.7 Å². The first-order valence-electron chi connectivity index (χ1n) is 5.37. The molecule has 6 nitrogen and oxygen atoms in total. The van der Waals surface area contributed by atoms with Gasteiger partial charge in [-0.05, 0) is 6.92 Å². The van der Waals surface area contributed by atoms with Crippen molar-refractivity contribution in [2.45, 2.75) is 20.4 Å². The lowest BCUT2D eigenvalue weighted by molar-refractivity contribution is 0.0687. The molecule has 0 aliphatic heterocycles. The van der Waals surface area contributed by atoms with Gasteiger partial charge in [0.1, 0.15) is 4.88 Å². The van der Waals surface area contributed by atoms with Crippen LogP contribution >= 0.6 is 22.7 Å². The van der Waals surface area contributed by atoms with Gasteiger partial charge in [0.25, 0.3) is 0 Å². The van der Waals surface area contributed by atoms with Gasteiger partial charge >= 0.3 is 5.97 Å². The molecule has 0 saturated carbocycles. The minimum Gasteiger partial charge on any atom is -0.476 e. The van der Waals surface area contributed by atoms with Gasteiger partial charge < -0.3 is 10.4 Å². The lowest BCUT2D eigenvalue weighted by atomic mass is 10.3. The van der Waals surface area contributed by atoms with E-state index in [0.717, 1.165) is 21.9 Å². The first kappa shape index (κ1) is 13.6. The molecule has 2 N–H and O–H groups in total. The third kappa shape index (κ3) is 2.96. The van der Waals surface area contributed by atoms with Crippen LogP contribution in [0.4, 0.5) is 5.13 Å². The van der Waals surface area contributed by atoms with E-state index in [1.165, 1.54) is 18.3 Å². The van der Waals surface area contributed by atoms with Crippen LogP contribution in [-0.2, 0) is 6.54 Å². The van der Waals surface area contributed by atoms with Crippen LogP contribution in [0.3, 0.4) is 0 Å². The summed E-state index contributed by atoms with van der Waals surface area (Å²) in [5, 5.41) is 12.4. The second-order valence-corrected chi connectivity index (χ2v) is 5.71. The van der Waals surface area contributed by atoms with Crippen LogP contribution in [0.5, 0.6) is 0 Å². The quantitative estimate of drug-likeness (QED) is 0.823. The smallest absolute Gasteiger partial charge is 0.356 e. The van der Waals surface area contributed by atoms with Gasteiger partial charge in [0.2, 0.25) is 0 Å². The van der Waals surface area contributed by atoms with Crippen LogP contribution in [0.25, 0.3) is 0 Å². The van der Waals surface area contributed by atoms with Crippen LogP contribution in [-0.4, -0.2) is 26.8 Å². The minimum atomic E-state index is -1.19. The predicted octanol–water partition coefficient (Wildman–Crippen LogP) is 2.42. The normalized spacial score (nSPS) is 10.4. The molecular formula is C11H11N3O3S2. The number of hydrogen-bond donors (Lipinski definition) is 2. The molecule has 0 aliphatic carbocycles. The number of carboxylic acids is 1. The molecule has 2 rings (SSSR count). The molecule has 0 bridgehead atoms. The number of anilines is 1. The highest BCUT2D eigenvalue weighted by Gasteiger charge is 2.20. The van der Waals surface area contributed by atoms with Gasteiger partial charge in [-0.1, -0.05) is 11.3 Å². The fraction of sp³-hybridized carbons (Fsp3) is 0.273. The summed E-state index contributed by atoms with van der Waals surface area (Å²) in [6, 6.07) is 0. The van der Waals surface area contributed by atoms with Crippen molar-refractivity contribution in [2.24, 2.45) is 0 Å². The van der Waals surface area contributed by atoms with Crippen molar-refractivity contribution >= 4 is 39.6 Å². The van der Waals surface area contributed by atoms with Crippen molar-refractivity contribution in [1.82, 2.24) is 9.97 Å². The summed E-state index contributed by atoms with van der Waals surface area (Å²) >= 11 is 2.57. The second-order valence-electron chi connectivity index (χ2n) is 3.77. The number of rotatable bonds is 5. The summed E-state index contributed by atoms with van der Waals surface area (Å²) in [5.41, 5.74) is 2.48. The molecule has 0 atom stereocenters. The minimum absolute atomic E-state index is 0.163. The van der Waals surface area contributed by atoms with Crippen molar-refractivity contribution in [3.63, 3.8) is 0 Å². The topological polar surface area (TPSA) is 92.2 Å². The zero-order chi connectivity index (χ0) is 14.0. The van der Waals surface area contributed by atoms with Gasteiger partial charge in [0, 0.05) is 11.8 Å². The maximum Gasteiger partial charge on any atom is 0.356 e. The SMILES string of the molecule is CC(=O)c1sc(NCc2scnc2C)nc1C(=O)O. The van der Waals surface area contributed by atoms with E-state index in [4.69, 9.17) is 5.11 Å². The number of aryl methyl sites for hydroxylation is 1. The van der Waals surface area contributed by atoms with E-state index < -0.39 is 5.97 Å². The fourth-order valence-corrected chi connectivity index (χ4v) is 3.00. The third-order valence-electron chi connectivity index (χ3n) is 2.39. The van der Waals surface area contributed by atoms with E-state index in [0.29, 0.717) is 11.7 Å². The molecule has 0 saturated heterocycles. The van der Waals surface area contributed by atoms with Crippen molar-refractivity contribution in [3.05, 3.63) is 26.7 Å². The maximum absolute atomic E-state index is 11.3. The number of aromatic carboxylic acids is 1. The summed E-state index contributed by atoms with van der Waals surface area (Å²) < 4.78 is 0. The average molecular weight is 297 g/mol. The highest BCUT2D eigenvalue weighted by Crippen LogP contribution is 2.25. The lowest BCUT2D eigenvalue weighted by Crippen LogP contribution is -2.04. The lowest BCUT2D eigenvalue weighted by Gasteiger charge is -1.99. The van der Waals surface area contributed by atoms with E-state index >= 15 is 0 Å². The van der Waals surface area contributed by atoms with E-state index in [-0.39, 0.29) is 16.4 Å². The predicted molar refractivity (Wildman–Crippen MR) is 73.3 cm³/mol. The van der Waals surface area contributed by atoms with Crippen LogP contribution in [0.15, 0.2) is 5.51 Å². The van der Waals surface area contributed by atoms with Gasteiger partial charge in [-0.2, -0.15) is 0 Å². The van der Waals surface area contributed by atoms with Crippen LogP contribution in [0.2, 0.25) is 0 Å². The fourth-order valence-electron chi connectivity index (χ4n) is 1.43. The van der Waals surface area contributed by atoms with Crippen molar-refractivity contribution in [3.8, 4) is 0 Å². The zero-order valence-electron chi connectivity index (χ0n) is 10.3. The van der Waals surface area contributed by atoms with E-state index in [1.54, 1.807) is 5.51 Å². The number of nitrogens with one attached hydrogen (secondary N) is 1. The summed E-state index contributed by atoms with van der Waals surface area (Å²) in [7, 11) is 0. The highest BCUT2D eigenvalue weighted by atomic mass is 32.1. The first-order valence-corrected chi connectivity index (χ1v) is 7.06. The van der Waals surface area contributed by atoms with Crippen molar-refractivity contribution < 1.29 is 14.7 Å². The van der Waals surface area contributed by atoms with Crippen molar-refractivity contribution in [2.75, 3.05) is 5.32 Å². The van der Waals surface area contributed by atoms with Crippen LogP contribution < -0.4 is 5.32 Å². The molecule has 0 spiro atoms. The molecule has 8 heteroatoms. The Labute approximate surface area is 117 Å². The number of carbonyl (C=O) groups is 2. The van der Waals surface area contributed by atoms with E-state index in [1.807, 2.05) is 6.92 Å². The third-order valence-corrected chi connectivity index (χ3v) is 4.44. The molecule has 0 unspecified atom stereocenters. The molecule has 0 aliphatic rings. The molecule has 19 heavy (non-hydrogen) atoms. The van der Waals surface area contributed by atoms with Gasteiger partial charge in [-0.25, -0.2) is 14.8 Å². The summed E-state index contributed by atoms with van der Waals surface area (Å²) in [5.74, 6) is -1.49. The Hall–Kier alpha value is -1.80. The Balaban J connectivity index is 2.18. The van der Waals surface area contributed by atoms with Crippen LogP contribution in [0, 0.1) is 6.92 Å². The summed E-state index contributed by atoms with van der Waals surface area (Å²) in [6.45, 7) is 3.75. The second kappa shape index (κ2) is 5.45. The number of carboxylic acid groups (broad SMARTS) is 1. The molecule has 0 radical (unpaired) electrons. The molecule has 2 aromatic rings. The number of ketones is 1. The average Bonchev–Trinajstić information content (AvgIpc) is 2.92. The first-order chi connectivity index (χ1) is 8.99. The number of Topliss-reactive ketones (excluding diaryl/α,β-unsaturated/α-hetero) is 1. The van der Waals surface area contributed by atoms with Gasteiger partial charge in [-0.3, -0.25) is 4.79 Å². The van der Waals surface area contributed by atoms with Gasteiger partial charge in [-0.15, -0.1) is 11.3 Å². The Morgan fingerprint density at radius 2 is 2.21 bits per heavy atom.